The predicted octanol–water partition coefficient (Wildman–Crippen LogP) is 0.730. The number of aliphatic hydroxyl groups excluding tert-OH is 1. The third-order valence-corrected chi connectivity index (χ3v) is 4.17. The number of nitrogens with zero attached hydrogens (tertiary/aromatic N) is 1. The lowest BCUT2D eigenvalue weighted by molar-refractivity contribution is 0.171. The third kappa shape index (κ3) is 3.42. The number of nitrogens with one attached hydrogen (secondary N) is 1. The number of anilines is 1. The molecule has 0 aromatic heterocycles. The van der Waals surface area contributed by atoms with E-state index in [1.54, 1.807) is 32.2 Å². The van der Waals surface area contributed by atoms with Crippen LogP contribution in [-0.2, 0) is 10.0 Å². The van der Waals surface area contributed by atoms with Gasteiger partial charge in [0.2, 0.25) is 10.0 Å². The van der Waals surface area contributed by atoms with Crippen molar-refractivity contribution in [2.75, 3.05) is 26.0 Å². The Morgan fingerprint density at radius 1 is 1.47 bits per heavy atom. The second kappa shape index (κ2) is 5.48. The summed E-state index contributed by atoms with van der Waals surface area (Å²) in [5.74, 6) is 0. The van der Waals surface area contributed by atoms with Crippen molar-refractivity contribution in [2.45, 2.75) is 17.9 Å². The van der Waals surface area contributed by atoms with Gasteiger partial charge in [0.25, 0.3) is 0 Å². The minimum absolute atomic E-state index is 0.0755. The zero-order chi connectivity index (χ0) is 13.1. The molecule has 1 aromatic carbocycles. The maximum Gasteiger partial charge on any atom is 0.242 e. The molecule has 0 spiro atoms. The molecule has 1 atom stereocenters. The standard InChI is InChI=1S/C11H18N2O3S/c1-9(14)8-13(3)17(15,16)11-6-4-5-10(7-11)12-2/h4-7,9,12,14H,8H2,1-3H3. The van der Waals surface area contributed by atoms with E-state index >= 15 is 0 Å². The summed E-state index contributed by atoms with van der Waals surface area (Å²) in [4.78, 5) is 0.215. The van der Waals surface area contributed by atoms with Gasteiger partial charge in [-0.15, -0.1) is 0 Å². The Bertz CT molecular complexity index is 471. The Labute approximate surface area is 102 Å². The normalized spacial score (nSPS) is 13.7. The van der Waals surface area contributed by atoms with E-state index in [4.69, 9.17) is 0 Å². The average Bonchev–Trinajstić information content (AvgIpc) is 2.28. The number of rotatable bonds is 5. The highest BCUT2D eigenvalue weighted by atomic mass is 32.2. The summed E-state index contributed by atoms with van der Waals surface area (Å²) < 4.78 is 25.4. The predicted molar refractivity (Wildman–Crippen MR) is 67.5 cm³/mol. The third-order valence-electron chi connectivity index (χ3n) is 2.35. The summed E-state index contributed by atoms with van der Waals surface area (Å²) >= 11 is 0. The fourth-order valence-corrected chi connectivity index (χ4v) is 2.76. The van der Waals surface area contributed by atoms with Gasteiger partial charge in [0.15, 0.2) is 0 Å². The topological polar surface area (TPSA) is 69.6 Å². The van der Waals surface area contributed by atoms with Gasteiger partial charge < -0.3 is 10.4 Å². The maximum absolute atomic E-state index is 12.1. The van der Waals surface area contributed by atoms with E-state index in [2.05, 4.69) is 5.32 Å². The first-order valence-corrected chi connectivity index (χ1v) is 6.74. The van der Waals surface area contributed by atoms with Gasteiger partial charge in [0.1, 0.15) is 0 Å². The number of likely N-dealkylation sites (N-methyl/N-ethyl adjacent to an activating group) is 1. The van der Waals surface area contributed by atoms with E-state index < -0.39 is 16.1 Å². The molecule has 0 bridgehead atoms. The fraction of sp³-hybridized carbons (Fsp3) is 0.455. The molecule has 6 heteroatoms. The van der Waals surface area contributed by atoms with Crippen LogP contribution in [-0.4, -0.2) is 44.6 Å². The molecule has 1 aromatic rings. The second-order valence-electron chi connectivity index (χ2n) is 3.91. The molecule has 0 aliphatic rings. The van der Waals surface area contributed by atoms with Crippen molar-refractivity contribution in [1.82, 2.24) is 4.31 Å². The molecule has 0 aliphatic heterocycles. The van der Waals surface area contributed by atoms with Gasteiger partial charge in [-0.1, -0.05) is 6.07 Å². The second-order valence-corrected chi connectivity index (χ2v) is 5.96. The lowest BCUT2D eigenvalue weighted by Crippen LogP contribution is -2.33. The molecule has 0 fully saturated rings. The molecule has 96 valence electrons. The highest BCUT2D eigenvalue weighted by molar-refractivity contribution is 7.89. The number of aliphatic hydroxyl groups is 1. The SMILES string of the molecule is CNc1cccc(S(=O)(=O)N(C)CC(C)O)c1. The molecule has 0 saturated heterocycles. The monoisotopic (exact) mass is 258 g/mol. The van der Waals surface area contributed by atoms with Gasteiger partial charge in [-0.2, -0.15) is 4.31 Å². The van der Waals surface area contributed by atoms with E-state index in [-0.39, 0.29) is 11.4 Å². The van der Waals surface area contributed by atoms with E-state index in [9.17, 15) is 13.5 Å². The molecular formula is C11H18N2O3S. The first-order valence-electron chi connectivity index (χ1n) is 5.30. The molecule has 1 rings (SSSR count). The van der Waals surface area contributed by atoms with E-state index in [0.717, 1.165) is 9.99 Å². The summed E-state index contributed by atoms with van der Waals surface area (Å²) in [7, 11) is -0.353. The van der Waals surface area contributed by atoms with Gasteiger partial charge >= 0.3 is 0 Å². The number of benzene rings is 1. The fourth-order valence-electron chi connectivity index (χ4n) is 1.46. The minimum Gasteiger partial charge on any atom is -0.392 e. The first-order chi connectivity index (χ1) is 7.87. The number of hydrogen-bond donors (Lipinski definition) is 2. The molecule has 0 aliphatic carbocycles. The molecule has 17 heavy (non-hydrogen) atoms. The van der Waals surface area contributed by atoms with Gasteiger partial charge in [-0.3, -0.25) is 0 Å². The van der Waals surface area contributed by atoms with Crippen LogP contribution in [0.2, 0.25) is 0 Å². The minimum atomic E-state index is -3.53. The summed E-state index contributed by atoms with van der Waals surface area (Å²) in [6.07, 6.45) is -0.692. The maximum atomic E-state index is 12.1. The van der Waals surface area contributed by atoms with Gasteiger partial charge in [-0.05, 0) is 25.1 Å². The van der Waals surface area contributed by atoms with E-state index in [0.29, 0.717) is 0 Å². The summed E-state index contributed by atoms with van der Waals surface area (Å²) in [6.45, 7) is 1.63. The summed E-state index contributed by atoms with van der Waals surface area (Å²) in [6, 6.07) is 6.56. The summed E-state index contributed by atoms with van der Waals surface area (Å²) in [5, 5.41) is 12.1. The molecule has 0 amide bonds. The Kier molecular flexibility index (Phi) is 4.50. The van der Waals surface area contributed by atoms with Crippen LogP contribution in [0.15, 0.2) is 29.2 Å². The van der Waals surface area contributed by atoms with Crippen LogP contribution in [0.4, 0.5) is 5.69 Å². The highest BCUT2D eigenvalue weighted by Gasteiger charge is 2.21. The Hall–Kier alpha value is -1.11. The van der Waals surface area contributed by atoms with Crippen molar-refractivity contribution in [3.8, 4) is 0 Å². The molecule has 0 heterocycles. The zero-order valence-corrected chi connectivity index (χ0v) is 11.0. The average molecular weight is 258 g/mol. The van der Waals surface area contributed by atoms with E-state index in [1.165, 1.54) is 13.1 Å². The molecule has 2 N–H and O–H groups in total. The van der Waals surface area contributed by atoms with Crippen molar-refractivity contribution in [3.63, 3.8) is 0 Å². The summed E-state index contributed by atoms with van der Waals surface area (Å²) in [5.41, 5.74) is 0.733. The quantitative estimate of drug-likeness (QED) is 0.817. The van der Waals surface area contributed by atoms with Gasteiger partial charge in [0, 0.05) is 26.3 Å². The molecule has 0 radical (unpaired) electrons. The molecule has 1 unspecified atom stereocenters. The van der Waals surface area contributed by atoms with Crippen LogP contribution in [0.1, 0.15) is 6.92 Å². The molecule has 0 saturated carbocycles. The van der Waals surface area contributed by atoms with Crippen molar-refractivity contribution in [2.24, 2.45) is 0 Å². The lowest BCUT2D eigenvalue weighted by Gasteiger charge is -2.18. The van der Waals surface area contributed by atoms with Crippen LogP contribution in [0, 0.1) is 0 Å². The van der Waals surface area contributed by atoms with Crippen LogP contribution >= 0.6 is 0 Å². The van der Waals surface area contributed by atoms with Crippen LogP contribution in [0.25, 0.3) is 0 Å². The Balaban J connectivity index is 3.04. The zero-order valence-electron chi connectivity index (χ0n) is 10.2. The van der Waals surface area contributed by atoms with Crippen LogP contribution in [0.3, 0.4) is 0 Å². The van der Waals surface area contributed by atoms with Crippen molar-refractivity contribution >= 4 is 15.7 Å². The number of sulfonamides is 1. The van der Waals surface area contributed by atoms with Crippen molar-refractivity contribution < 1.29 is 13.5 Å². The van der Waals surface area contributed by atoms with Crippen LogP contribution in [0.5, 0.6) is 0 Å². The van der Waals surface area contributed by atoms with Crippen molar-refractivity contribution in [1.29, 1.82) is 0 Å². The Morgan fingerprint density at radius 2 is 2.12 bits per heavy atom. The van der Waals surface area contributed by atoms with Crippen LogP contribution < -0.4 is 5.32 Å². The van der Waals surface area contributed by atoms with Gasteiger partial charge in [-0.25, -0.2) is 8.42 Å². The first kappa shape index (κ1) is 14.0. The number of hydrogen-bond acceptors (Lipinski definition) is 4. The largest absolute Gasteiger partial charge is 0.392 e. The van der Waals surface area contributed by atoms with E-state index in [1.807, 2.05) is 0 Å². The Morgan fingerprint density at radius 3 is 2.65 bits per heavy atom. The molecule has 5 nitrogen and oxygen atoms in total. The highest BCUT2D eigenvalue weighted by Crippen LogP contribution is 2.18. The van der Waals surface area contributed by atoms with Gasteiger partial charge in [0.05, 0.1) is 11.0 Å². The van der Waals surface area contributed by atoms with Crippen molar-refractivity contribution in [3.05, 3.63) is 24.3 Å². The molecular weight excluding hydrogens is 240 g/mol. The smallest absolute Gasteiger partial charge is 0.242 e. The lowest BCUT2D eigenvalue weighted by atomic mass is 10.3.